The van der Waals surface area contributed by atoms with Crippen LogP contribution in [0.3, 0.4) is 0 Å². The van der Waals surface area contributed by atoms with Crippen LogP contribution in [-0.2, 0) is 0 Å². The molecule has 0 radical (unpaired) electrons. The minimum atomic E-state index is -0.0889. The Hall–Kier alpha value is -0.360. The molecule has 0 atom stereocenters. The molecule has 4 heteroatoms. The van der Waals surface area contributed by atoms with E-state index in [1.807, 2.05) is 13.0 Å². The second-order valence-corrected chi connectivity index (χ2v) is 5.53. The summed E-state index contributed by atoms with van der Waals surface area (Å²) in [5.41, 5.74) is 1.76. The van der Waals surface area contributed by atoms with Crippen molar-refractivity contribution < 1.29 is 4.39 Å². The standard InChI is InChI=1S/C12H16FIN2/c1-9-7-10(13)12(11(14)8-9)16-5-3-15(2)4-6-16/h7-8H,3-6H2,1-2H3. The molecule has 0 amide bonds. The SMILES string of the molecule is Cc1cc(F)c(N2CCN(C)CC2)c(I)c1. The van der Waals surface area contributed by atoms with Crippen LogP contribution < -0.4 is 4.90 Å². The number of anilines is 1. The lowest BCUT2D eigenvalue weighted by molar-refractivity contribution is 0.311. The molecule has 2 rings (SSSR count). The smallest absolute Gasteiger partial charge is 0.147 e. The van der Waals surface area contributed by atoms with Crippen molar-refractivity contribution in [1.29, 1.82) is 0 Å². The Labute approximate surface area is 110 Å². The Morgan fingerprint density at radius 3 is 2.38 bits per heavy atom. The highest BCUT2D eigenvalue weighted by Gasteiger charge is 2.19. The fraction of sp³-hybridized carbons (Fsp3) is 0.500. The third-order valence-electron chi connectivity index (χ3n) is 2.98. The number of nitrogens with zero attached hydrogens (tertiary/aromatic N) is 2. The Morgan fingerprint density at radius 2 is 1.81 bits per heavy atom. The average molecular weight is 334 g/mol. The van der Waals surface area contributed by atoms with E-state index in [-0.39, 0.29) is 5.82 Å². The molecule has 88 valence electrons. The highest BCUT2D eigenvalue weighted by atomic mass is 127. The number of halogens is 2. The van der Waals surface area contributed by atoms with Crippen molar-refractivity contribution in [1.82, 2.24) is 4.90 Å². The van der Waals surface area contributed by atoms with Gasteiger partial charge in [-0.15, -0.1) is 0 Å². The van der Waals surface area contributed by atoms with Crippen LogP contribution in [0.25, 0.3) is 0 Å². The van der Waals surface area contributed by atoms with E-state index in [9.17, 15) is 4.39 Å². The molecule has 0 unspecified atom stereocenters. The number of likely N-dealkylation sites (N-methyl/N-ethyl adjacent to an activating group) is 1. The minimum Gasteiger partial charge on any atom is -0.366 e. The van der Waals surface area contributed by atoms with Crippen LogP contribution in [0.4, 0.5) is 10.1 Å². The molecule has 2 nitrogen and oxygen atoms in total. The van der Waals surface area contributed by atoms with Gasteiger partial charge in [-0.3, -0.25) is 0 Å². The predicted molar refractivity (Wildman–Crippen MR) is 73.6 cm³/mol. The molecule has 0 aromatic heterocycles. The second-order valence-electron chi connectivity index (χ2n) is 4.37. The Balaban J connectivity index is 2.26. The van der Waals surface area contributed by atoms with Crippen LogP contribution in [0.1, 0.15) is 5.56 Å². The lowest BCUT2D eigenvalue weighted by atomic mass is 10.2. The van der Waals surface area contributed by atoms with Gasteiger partial charge in [0.2, 0.25) is 0 Å². The Bertz CT molecular complexity index is 364. The zero-order valence-electron chi connectivity index (χ0n) is 9.63. The summed E-state index contributed by atoms with van der Waals surface area (Å²) in [6, 6.07) is 3.66. The Morgan fingerprint density at radius 1 is 1.19 bits per heavy atom. The maximum atomic E-state index is 13.9. The maximum absolute atomic E-state index is 13.9. The average Bonchev–Trinajstić information content (AvgIpc) is 2.19. The molecule has 1 aromatic carbocycles. The van der Waals surface area contributed by atoms with Gasteiger partial charge in [0.25, 0.3) is 0 Å². The zero-order valence-corrected chi connectivity index (χ0v) is 11.8. The first-order valence-electron chi connectivity index (χ1n) is 5.47. The van der Waals surface area contributed by atoms with E-state index < -0.39 is 0 Å². The van der Waals surface area contributed by atoms with E-state index in [1.165, 1.54) is 0 Å². The molecule has 1 aliphatic heterocycles. The summed E-state index contributed by atoms with van der Waals surface area (Å²) < 4.78 is 14.9. The first-order chi connectivity index (χ1) is 7.58. The summed E-state index contributed by atoms with van der Waals surface area (Å²) in [6.45, 7) is 5.75. The van der Waals surface area contributed by atoms with Gasteiger partial charge in [0.1, 0.15) is 5.82 Å². The molecule has 1 aromatic rings. The fourth-order valence-electron chi connectivity index (χ4n) is 2.02. The van der Waals surface area contributed by atoms with Gasteiger partial charge in [-0.25, -0.2) is 4.39 Å². The summed E-state index contributed by atoms with van der Waals surface area (Å²) >= 11 is 2.22. The van der Waals surface area contributed by atoms with Gasteiger partial charge >= 0.3 is 0 Å². The van der Waals surface area contributed by atoms with Crippen LogP contribution in [0.15, 0.2) is 12.1 Å². The third-order valence-corrected chi connectivity index (χ3v) is 3.80. The summed E-state index contributed by atoms with van der Waals surface area (Å²) in [7, 11) is 2.10. The molecule has 0 aliphatic carbocycles. The first-order valence-corrected chi connectivity index (χ1v) is 6.55. The van der Waals surface area contributed by atoms with Crippen molar-refractivity contribution in [3.63, 3.8) is 0 Å². The molecule has 0 bridgehead atoms. The molecule has 0 N–H and O–H groups in total. The van der Waals surface area contributed by atoms with Gasteiger partial charge < -0.3 is 9.80 Å². The third kappa shape index (κ3) is 2.48. The normalized spacial score (nSPS) is 17.9. The van der Waals surface area contributed by atoms with Gasteiger partial charge in [0, 0.05) is 29.7 Å². The first kappa shape index (κ1) is 12.1. The number of hydrogen-bond acceptors (Lipinski definition) is 2. The molecule has 1 aliphatic rings. The number of aryl methyl sites for hydroxylation is 1. The molecular weight excluding hydrogens is 318 g/mol. The number of rotatable bonds is 1. The van der Waals surface area contributed by atoms with E-state index in [4.69, 9.17) is 0 Å². The predicted octanol–water partition coefficient (Wildman–Crippen LogP) is 2.49. The topological polar surface area (TPSA) is 6.48 Å². The monoisotopic (exact) mass is 334 g/mol. The minimum absolute atomic E-state index is 0.0889. The van der Waals surface area contributed by atoms with Gasteiger partial charge in [-0.05, 0) is 54.3 Å². The van der Waals surface area contributed by atoms with Gasteiger partial charge in [-0.1, -0.05) is 0 Å². The molecule has 0 spiro atoms. The Kier molecular flexibility index (Phi) is 3.69. The van der Waals surface area contributed by atoms with E-state index >= 15 is 0 Å². The zero-order chi connectivity index (χ0) is 11.7. The maximum Gasteiger partial charge on any atom is 0.147 e. The molecule has 1 saturated heterocycles. The molecular formula is C12H16FIN2. The molecule has 1 heterocycles. The van der Waals surface area contributed by atoms with E-state index in [0.717, 1.165) is 41.0 Å². The fourth-order valence-corrected chi connectivity index (χ4v) is 3.11. The highest BCUT2D eigenvalue weighted by molar-refractivity contribution is 14.1. The largest absolute Gasteiger partial charge is 0.366 e. The van der Waals surface area contributed by atoms with Crippen molar-refractivity contribution in [3.05, 3.63) is 27.1 Å². The van der Waals surface area contributed by atoms with Crippen molar-refractivity contribution >= 4 is 28.3 Å². The van der Waals surface area contributed by atoms with E-state index in [0.29, 0.717) is 0 Å². The van der Waals surface area contributed by atoms with Crippen molar-refractivity contribution in [3.8, 4) is 0 Å². The second kappa shape index (κ2) is 4.87. The number of benzene rings is 1. The lowest BCUT2D eigenvalue weighted by Gasteiger charge is -2.34. The van der Waals surface area contributed by atoms with Crippen LogP contribution in [0.2, 0.25) is 0 Å². The molecule has 16 heavy (non-hydrogen) atoms. The van der Waals surface area contributed by atoms with Crippen LogP contribution in [0, 0.1) is 16.3 Å². The van der Waals surface area contributed by atoms with Crippen molar-refractivity contribution in [2.45, 2.75) is 6.92 Å². The van der Waals surface area contributed by atoms with E-state index in [2.05, 4.69) is 39.4 Å². The van der Waals surface area contributed by atoms with E-state index in [1.54, 1.807) is 6.07 Å². The summed E-state index contributed by atoms with van der Waals surface area (Å²) in [5.74, 6) is -0.0889. The van der Waals surface area contributed by atoms with Gasteiger partial charge in [0.15, 0.2) is 0 Å². The van der Waals surface area contributed by atoms with Gasteiger partial charge in [-0.2, -0.15) is 0 Å². The number of piperazine rings is 1. The van der Waals surface area contributed by atoms with Crippen molar-refractivity contribution in [2.24, 2.45) is 0 Å². The molecule has 1 fully saturated rings. The quantitative estimate of drug-likeness (QED) is 0.728. The summed E-state index contributed by atoms with van der Waals surface area (Å²) in [5, 5.41) is 0. The van der Waals surface area contributed by atoms with Crippen LogP contribution in [0.5, 0.6) is 0 Å². The molecule has 0 saturated carbocycles. The van der Waals surface area contributed by atoms with Crippen LogP contribution >= 0.6 is 22.6 Å². The van der Waals surface area contributed by atoms with Crippen molar-refractivity contribution in [2.75, 3.05) is 38.1 Å². The lowest BCUT2D eigenvalue weighted by Crippen LogP contribution is -2.45. The number of hydrogen-bond donors (Lipinski definition) is 0. The highest BCUT2D eigenvalue weighted by Crippen LogP contribution is 2.28. The summed E-state index contributed by atoms with van der Waals surface area (Å²) in [4.78, 5) is 4.42. The summed E-state index contributed by atoms with van der Waals surface area (Å²) in [6.07, 6.45) is 0. The van der Waals surface area contributed by atoms with Gasteiger partial charge in [0.05, 0.1) is 5.69 Å². The van der Waals surface area contributed by atoms with Crippen LogP contribution in [-0.4, -0.2) is 38.1 Å².